The van der Waals surface area contributed by atoms with E-state index in [4.69, 9.17) is 5.11 Å². The fourth-order valence-electron chi connectivity index (χ4n) is 1.32. The van der Waals surface area contributed by atoms with Gasteiger partial charge in [-0.05, 0) is 28.1 Å². The number of pyridine rings is 1. The molecule has 18 heavy (non-hydrogen) atoms. The molecule has 0 atom stereocenters. The van der Waals surface area contributed by atoms with Crippen molar-refractivity contribution >= 4 is 39.0 Å². The molecule has 0 aliphatic carbocycles. The van der Waals surface area contributed by atoms with E-state index in [1.54, 1.807) is 18.3 Å². The van der Waals surface area contributed by atoms with Crippen LogP contribution in [0.1, 0.15) is 27.1 Å². The van der Waals surface area contributed by atoms with Gasteiger partial charge in [0, 0.05) is 17.6 Å². The minimum atomic E-state index is -1.21. The zero-order chi connectivity index (χ0) is 13.3. The fraction of sp³-hybridized carbons (Fsp3) is 0.0909. The Morgan fingerprint density at radius 2 is 2.11 bits per heavy atom. The Labute approximate surface area is 115 Å². The summed E-state index contributed by atoms with van der Waals surface area (Å²) in [5, 5.41) is 9.40. The number of aromatic nitrogens is 2. The van der Waals surface area contributed by atoms with Gasteiger partial charge in [-0.1, -0.05) is 0 Å². The Morgan fingerprint density at radius 3 is 2.56 bits per heavy atom. The Balaban J connectivity index is 2.53. The molecule has 0 aliphatic rings. The quantitative estimate of drug-likeness (QED) is 0.877. The van der Waals surface area contributed by atoms with Crippen LogP contribution in [0.2, 0.25) is 0 Å². The summed E-state index contributed by atoms with van der Waals surface area (Å²) in [7, 11) is 0. The summed E-state index contributed by atoms with van der Waals surface area (Å²) in [5.74, 6) is -1.52. The molecule has 1 N–H and O–H groups in total. The topological polar surface area (TPSA) is 80.2 Å². The van der Waals surface area contributed by atoms with Crippen molar-refractivity contribution < 1.29 is 14.7 Å². The van der Waals surface area contributed by atoms with Gasteiger partial charge >= 0.3 is 5.97 Å². The van der Waals surface area contributed by atoms with E-state index in [0.717, 1.165) is 15.8 Å². The molecule has 0 fully saturated rings. The number of carboxylic acids is 1. The highest BCUT2D eigenvalue weighted by Crippen LogP contribution is 2.27. The first kappa shape index (κ1) is 12.8. The molecule has 0 radical (unpaired) electrons. The largest absolute Gasteiger partial charge is 0.476 e. The van der Waals surface area contributed by atoms with Crippen LogP contribution in [-0.4, -0.2) is 26.8 Å². The number of carbonyl (C=O) groups excluding carboxylic acids is 1. The normalized spacial score (nSPS) is 10.3. The molecule has 0 spiro atoms. The maximum atomic E-state index is 11.3. The molecule has 5 nitrogen and oxygen atoms in total. The van der Waals surface area contributed by atoms with Gasteiger partial charge in [0.15, 0.2) is 11.5 Å². The number of hydrogen-bond donors (Lipinski definition) is 1. The molecule has 0 saturated heterocycles. The van der Waals surface area contributed by atoms with E-state index >= 15 is 0 Å². The van der Waals surface area contributed by atoms with Gasteiger partial charge in [0.05, 0.1) is 5.69 Å². The SMILES string of the molecule is CC(=O)c1sc(-c2ccc(Br)cn2)nc1C(=O)O. The van der Waals surface area contributed by atoms with Crippen LogP contribution in [-0.2, 0) is 0 Å². The minimum Gasteiger partial charge on any atom is -0.476 e. The lowest BCUT2D eigenvalue weighted by Gasteiger charge is -1.94. The second-order valence-corrected chi connectivity index (χ2v) is 5.33. The standard InChI is InChI=1S/C11H7BrN2O3S/c1-5(15)9-8(11(16)17)14-10(18-9)7-3-2-6(12)4-13-7/h2-4H,1H3,(H,16,17). The molecule has 2 heterocycles. The smallest absolute Gasteiger partial charge is 0.356 e. The molecule has 0 aliphatic heterocycles. The third kappa shape index (κ3) is 2.46. The van der Waals surface area contributed by atoms with E-state index in [0.29, 0.717) is 10.7 Å². The molecular formula is C11H7BrN2O3S. The van der Waals surface area contributed by atoms with Gasteiger partial charge in [0.1, 0.15) is 9.88 Å². The van der Waals surface area contributed by atoms with Crippen molar-refractivity contribution in [2.45, 2.75) is 6.92 Å². The van der Waals surface area contributed by atoms with Gasteiger partial charge in [-0.3, -0.25) is 9.78 Å². The molecule has 0 saturated carbocycles. The number of halogens is 1. The Hall–Kier alpha value is -1.60. The monoisotopic (exact) mass is 326 g/mol. The average molecular weight is 327 g/mol. The molecule has 0 unspecified atom stereocenters. The summed E-state index contributed by atoms with van der Waals surface area (Å²) in [4.78, 5) is 30.5. The van der Waals surface area contributed by atoms with Crippen LogP contribution in [0, 0.1) is 0 Å². The van der Waals surface area contributed by atoms with Gasteiger partial charge in [0.25, 0.3) is 0 Å². The van der Waals surface area contributed by atoms with Gasteiger partial charge in [-0.25, -0.2) is 9.78 Å². The van der Waals surface area contributed by atoms with Crippen LogP contribution in [0.3, 0.4) is 0 Å². The van der Waals surface area contributed by atoms with Crippen molar-refractivity contribution in [3.05, 3.63) is 33.4 Å². The summed E-state index contributed by atoms with van der Waals surface area (Å²) in [6.07, 6.45) is 1.59. The fourth-order valence-corrected chi connectivity index (χ4v) is 2.48. The predicted octanol–water partition coefficient (Wildman–Crippen LogP) is 2.87. The minimum absolute atomic E-state index is 0.141. The molecule has 7 heteroatoms. The number of aromatic carboxylic acids is 1. The molecule has 2 rings (SSSR count). The highest BCUT2D eigenvalue weighted by molar-refractivity contribution is 9.10. The number of thiazole rings is 1. The van der Waals surface area contributed by atoms with Crippen LogP contribution in [0.4, 0.5) is 0 Å². The zero-order valence-electron chi connectivity index (χ0n) is 9.18. The van der Waals surface area contributed by atoms with Crippen molar-refractivity contribution in [2.24, 2.45) is 0 Å². The van der Waals surface area contributed by atoms with E-state index in [-0.39, 0.29) is 16.4 Å². The first-order valence-corrected chi connectivity index (χ1v) is 6.47. The van der Waals surface area contributed by atoms with Crippen LogP contribution in [0.15, 0.2) is 22.8 Å². The molecule has 0 bridgehead atoms. The van der Waals surface area contributed by atoms with Gasteiger partial charge in [-0.2, -0.15) is 0 Å². The molecule has 2 aromatic heterocycles. The lowest BCUT2D eigenvalue weighted by Crippen LogP contribution is -2.03. The van der Waals surface area contributed by atoms with Gasteiger partial charge in [-0.15, -0.1) is 11.3 Å². The van der Waals surface area contributed by atoms with Gasteiger partial charge < -0.3 is 5.11 Å². The van der Waals surface area contributed by atoms with Crippen LogP contribution in [0.25, 0.3) is 10.7 Å². The molecule has 2 aromatic rings. The Morgan fingerprint density at radius 1 is 1.39 bits per heavy atom. The number of carbonyl (C=O) groups is 2. The highest BCUT2D eigenvalue weighted by atomic mass is 79.9. The summed E-state index contributed by atoms with van der Waals surface area (Å²) in [5.41, 5.74) is 0.324. The second kappa shape index (κ2) is 4.95. The number of carboxylic acid groups (broad SMARTS) is 1. The Bertz CT molecular complexity index is 590. The van der Waals surface area contributed by atoms with Gasteiger partial charge in [0.2, 0.25) is 0 Å². The third-order valence-corrected chi connectivity index (χ3v) is 3.74. The van der Waals surface area contributed by atoms with E-state index in [2.05, 4.69) is 25.9 Å². The van der Waals surface area contributed by atoms with Crippen molar-refractivity contribution in [1.82, 2.24) is 9.97 Å². The lowest BCUT2D eigenvalue weighted by molar-refractivity contribution is 0.0687. The molecule has 0 aromatic carbocycles. The van der Waals surface area contributed by atoms with Crippen LogP contribution < -0.4 is 0 Å². The maximum Gasteiger partial charge on any atom is 0.356 e. The first-order chi connectivity index (χ1) is 8.49. The summed E-state index contributed by atoms with van der Waals surface area (Å²) < 4.78 is 0.813. The van der Waals surface area contributed by atoms with E-state index in [1.165, 1.54) is 6.92 Å². The maximum absolute atomic E-state index is 11.3. The van der Waals surface area contributed by atoms with E-state index in [1.807, 2.05) is 0 Å². The molecule has 92 valence electrons. The number of rotatable bonds is 3. The van der Waals surface area contributed by atoms with Crippen molar-refractivity contribution in [2.75, 3.05) is 0 Å². The summed E-state index contributed by atoms with van der Waals surface area (Å²) in [6.45, 7) is 1.32. The lowest BCUT2D eigenvalue weighted by atomic mass is 10.3. The van der Waals surface area contributed by atoms with Crippen LogP contribution >= 0.6 is 27.3 Å². The number of nitrogens with zero attached hydrogens (tertiary/aromatic N) is 2. The van der Waals surface area contributed by atoms with Crippen molar-refractivity contribution in [3.63, 3.8) is 0 Å². The first-order valence-electron chi connectivity index (χ1n) is 4.86. The number of ketones is 1. The average Bonchev–Trinajstić information content (AvgIpc) is 2.75. The van der Waals surface area contributed by atoms with E-state index < -0.39 is 5.97 Å². The third-order valence-electron chi connectivity index (χ3n) is 2.10. The zero-order valence-corrected chi connectivity index (χ0v) is 11.6. The second-order valence-electron chi connectivity index (χ2n) is 3.42. The van der Waals surface area contributed by atoms with Crippen molar-refractivity contribution in [3.8, 4) is 10.7 Å². The molecule has 0 amide bonds. The van der Waals surface area contributed by atoms with Crippen molar-refractivity contribution in [1.29, 1.82) is 0 Å². The summed E-state index contributed by atoms with van der Waals surface area (Å²) >= 11 is 4.29. The van der Waals surface area contributed by atoms with E-state index in [9.17, 15) is 9.59 Å². The number of hydrogen-bond acceptors (Lipinski definition) is 5. The molecular weight excluding hydrogens is 320 g/mol. The summed E-state index contributed by atoms with van der Waals surface area (Å²) in [6, 6.07) is 3.48. The van der Waals surface area contributed by atoms with Crippen LogP contribution in [0.5, 0.6) is 0 Å². The highest BCUT2D eigenvalue weighted by Gasteiger charge is 2.21. The predicted molar refractivity (Wildman–Crippen MR) is 70.0 cm³/mol. The number of Topliss-reactive ketones (excluding diaryl/α,β-unsaturated/α-hetero) is 1. The Kier molecular flexibility index (Phi) is 3.53.